The van der Waals surface area contributed by atoms with Crippen LogP contribution in [0.2, 0.25) is 0 Å². The summed E-state index contributed by atoms with van der Waals surface area (Å²) in [7, 11) is 3.71. The van der Waals surface area contributed by atoms with Gasteiger partial charge in [-0.05, 0) is 36.4 Å². The molecule has 3 N–H and O–H groups in total. The molecular weight excluding hydrogens is 286 g/mol. The first kappa shape index (κ1) is 13.6. The van der Waals surface area contributed by atoms with Crippen molar-refractivity contribution >= 4 is 34.7 Å². The van der Waals surface area contributed by atoms with Gasteiger partial charge in [0.05, 0.1) is 11.0 Å². The molecule has 0 aliphatic rings. The molecule has 0 saturated heterocycles. The van der Waals surface area contributed by atoms with Crippen LogP contribution in [0, 0.1) is 6.92 Å². The average molecular weight is 301 g/mol. The Morgan fingerprint density at radius 2 is 1.95 bits per heavy atom. The van der Waals surface area contributed by atoms with Gasteiger partial charge in [-0.2, -0.15) is 15.0 Å². The normalized spacial score (nSPS) is 11.0. The summed E-state index contributed by atoms with van der Waals surface area (Å²) in [6, 6.07) is 6.07. The van der Waals surface area contributed by atoms with Crippen molar-refractivity contribution < 1.29 is 0 Å². The third-order valence-electron chi connectivity index (χ3n) is 2.82. The fraction of sp³-hybridized carbons (Fsp3) is 0.231. The number of aromatic amines is 1. The SMILES string of the molecule is Cc1ccc2nc(Sc3nc(N)nc(N(C)C)n3)[nH]c2c1. The minimum atomic E-state index is 0.197. The van der Waals surface area contributed by atoms with E-state index in [1.807, 2.05) is 33.2 Å². The van der Waals surface area contributed by atoms with Crippen molar-refractivity contribution in [2.75, 3.05) is 24.7 Å². The van der Waals surface area contributed by atoms with Crippen LogP contribution in [-0.2, 0) is 0 Å². The van der Waals surface area contributed by atoms with E-state index in [1.54, 1.807) is 4.90 Å². The molecule has 3 aromatic rings. The first-order chi connectivity index (χ1) is 10.0. The van der Waals surface area contributed by atoms with E-state index in [9.17, 15) is 0 Å². The first-order valence-corrected chi connectivity index (χ1v) is 7.16. The molecule has 0 radical (unpaired) electrons. The number of nitrogens with one attached hydrogen (secondary N) is 1. The number of hydrogen-bond acceptors (Lipinski definition) is 7. The van der Waals surface area contributed by atoms with Crippen molar-refractivity contribution in [3.8, 4) is 0 Å². The molecule has 108 valence electrons. The summed E-state index contributed by atoms with van der Waals surface area (Å²) in [5.74, 6) is 0.722. The van der Waals surface area contributed by atoms with Crippen LogP contribution in [0.1, 0.15) is 5.56 Å². The van der Waals surface area contributed by atoms with Gasteiger partial charge in [-0.25, -0.2) is 4.98 Å². The lowest BCUT2D eigenvalue weighted by atomic mass is 10.2. The largest absolute Gasteiger partial charge is 0.368 e. The number of H-pyrrole nitrogens is 1. The quantitative estimate of drug-likeness (QED) is 0.762. The number of fused-ring (bicyclic) bond motifs is 1. The van der Waals surface area contributed by atoms with E-state index < -0.39 is 0 Å². The molecule has 2 heterocycles. The Kier molecular flexibility index (Phi) is 3.38. The molecule has 21 heavy (non-hydrogen) atoms. The molecule has 0 amide bonds. The van der Waals surface area contributed by atoms with Gasteiger partial charge < -0.3 is 15.6 Å². The Bertz CT molecular complexity index is 796. The molecule has 3 rings (SSSR count). The summed E-state index contributed by atoms with van der Waals surface area (Å²) in [6.07, 6.45) is 0. The van der Waals surface area contributed by atoms with E-state index >= 15 is 0 Å². The fourth-order valence-electron chi connectivity index (χ4n) is 1.84. The van der Waals surface area contributed by atoms with Crippen LogP contribution in [-0.4, -0.2) is 39.0 Å². The summed E-state index contributed by atoms with van der Waals surface area (Å²) >= 11 is 1.33. The van der Waals surface area contributed by atoms with Gasteiger partial charge in [-0.3, -0.25) is 0 Å². The van der Waals surface area contributed by atoms with Crippen LogP contribution in [0.3, 0.4) is 0 Å². The molecule has 2 aromatic heterocycles. The van der Waals surface area contributed by atoms with Crippen LogP contribution >= 0.6 is 11.8 Å². The number of nitrogens with two attached hydrogens (primary N) is 1. The lowest BCUT2D eigenvalue weighted by Gasteiger charge is -2.10. The van der Waals surface area contributed by atoms with Crippen molar-refractivity contribution in [2.24, 2.45) is 0 Å². The Morgan fingerprint density at radius 3 is 2.71 bits per heavy atom. The van der Waals surface area contributed by atoms with Crippen LogP contribution in [0.15, 0.2) is 28.5 Å². The number of aryl methyl sites for hydroxylation is 1. The Hall–Kier alpha value is -2.35. The molecule has 0 aliphatic carbocycles. The van der Waals surface area contributed by atoms with Crippen LogP contribution < -0.4 is 10.6 Å². The molecule has 0 saturated carbocycles. The van der Waals surface area contributed by atoms with Gasteiger partial charge in [0, 0.05) is 14.1 Å². The minimum absolute atomic E-state index is 0.197. The summed E-state index contributed by atoms with van der Waals surface area (Å²) in [4.78, 5) is 22.1. The predicted octanol–water partition coefficient (Wildman–Crippen LogP) is 1.86. The second-order valence-corrected chi connectivity index (χ2v) is 5.79. The number of benzene rings is 1. The molecule has 7 nitrogen and oxygen atoms in total. The molecule has 0 spiro atoms. The highest BCUT2D eigenvalue weighted by Gasteiger charge is 2.10. The van der Waals surface area contributed by atoms with Crippen molar-refractivity contribution in [3.63, 3.8) is 0 Å². The topological polar surface area (TPSA) is 96.6 Å². The van der Waals surface area contributed by atoms with E-state index in [2.05, 4.69) is 31.0 Å². The van der Waals surface area contributed by atoms with Crippen LogP contribution in [0.25, 0.3) is 11.0 Å². The van der Waals surface area contributed by atoms with Crippen molar-refractivity contribution in [3.05, 3.63) is 23.8 Å². The first-order valence-electron chi connectivity index (χ1n) is 6.34. The van der Waals surface area contributed by atoms with Gasteiger partial charge in [0.2, 0.25) is 17.1 Å². The summed E-state index contributed by atoms with van der Waals surface area (Å²) < 4.78 is 0. The minimum Gasteiger partial charge on any atom is -0.368 e. The molecule has 8 heteroatoms. The number of nitrogens with zero attached hydrogens (tertiary/aromatic N) is 5. The van der Waals surface area contributed by atoms with E-state index in [4.69, 9.17) is 5.73 Å². The zero-order valence-corrected chi connectivity index (χ0v) is 12.8. The predicted molar refractivity (Wildman–Crippen MR) is 83.5 cm³/mol. The molecule has 1 aromatic carbocycles. The van der Waals surface area contributed by atoms with Gasteiger partial charge in [-0.15, -0.1) is 0 Å². The monoisotopic (exact) mass is 301 g/mol. The summed E-state index contributed by atoms with van der Waals surface area (Å²) in [5.41, 5.74) is 8.80. The second kappa shape index (κ2) is 5.21. The number of imidazole rings is 1. The molecular formula is C13H15N7S. The van der Waals surface area contributed by atoms with Crippen LogP contribution in [0.5, 0.6) is 0 Å². The van der Waals surface area contributed by atoms with Gasteiger partial charge in [0.25, 0.3) is 0 Å². The Morgan fingerprint density at radius 1 is 1.14 bits per heavy atom. The molecule has 0 atom stereocenters. The van der Waals surface area contributed by atoms with E-state index in [-0.39, 0.29) is 5.95 Å². The molecule has 0 fully saturated rings. The lowest BCUT2D eigenvalue weighted by molar-refractivity contribution is 0.872. The summed E-state index contributed by atoms with van der Waals surface area (Å²) in [5, 5.41) is 1.24. The average Bonchev–Trinajstić information content (AvgIpc) is 2.79. The molecule has 0 aliphatic heterocycles. The van der Waals surface area contributed by atoms with Gasteiger partial charge in [0.15, 0.2) is 5.16 Å². The van der Waals surface area contributed by atoms with Gasteiger partial charge in [-0.1, -0.05) is 6.07 Å². The highest BCUT2D eigenvalue weighted by molar-refractivity contribution is 7.99. The van der Waals surface area contributed by atoms with Gasteiger partial charge in [0.1, 0.15) is 0 Å². The molecule has 0 unspecified atom stereocenters. The smallest absolute Gasteiger partial charge is 0.230 e. The third-order valence-corrected chi connectivity index (χ3v) is 3.58. The number of nitrogen functional groups attached to an aromatic ring is 1. The van der Waals surface area contributed by atoms with E-state index in [0.717, 1.165) is 16.2 Å². The maximum atomic E-state index is 5.71. The Labute approximate surface area is 126 Å². The summed E-state index contributed by atoms with van der Waals surface area (Å²) in [6.45, 7) is 2.04. The van der Waals surface area contributed by atoms with Crippen molar-refractivity contribution in [2.45, 2.75) is 17.2 Å². The number of anilines is 2. The van der Waals surface area contributed by atoms with Crippen LogP contribution in [0.4, 0.5) is 11.9 Å². The standard InChI is InChI=1S/C13H15N7S/c1-7-4-5-8-9(6-7)16-12(15-8)21-13-18-10(14)17-11(19-13)20(2)3/h4-6H,1-3H3,(H,15,16)(H2,14,17,18,19). The highest BCUT2D eigenvalue weighted by Crippen LogP contribution is 2.26. The van der Waals surface area contributed by atoms with Crippen molar-refractivity contribution in [1.82, 2.24) is 24.9 Å². The maximum Gasteiger partial charge on any atom is 0.230 e. The Balaban J connectivity index is 1.94. The molecule has 0 bridgehead atoms. The second-order valence-electron chi connectivity index (χ2n) is 4.84. The third kappa shape index (κ3) is 2.89. The van der Waals surface area contributed by atoms with Crippen molar-refractivity contribution in [1.29, 1.82) is 0 Å². The zero-order valence-electron chi connectivity index (χ0n) is 12.0. The lowest BCUT2D eigenvalue weighted by Crippen LogP contribution is -2.15. The van der Waals surface area contributed by atoms with E-state index in [1.165, 1.54) is 17.3 Å². The highest BCUT2D eigenvalue weighted by atomic mass is 32.2. The van der Waals surface area contributed by atoms with E-state index in [0.29, 0.717) is 11.1 Å². The number of hydrogen-bond donors (Lipinski definition) is 2. The maximum absolute atomic E-state index is 5.71. The van der Waals surface area contributed by atoms with Gasteiger partial charge >= 0.3 is 0 Å². The number of aromatic nitrogens is 5. The fourth-order valence-corrected chi connectivity index (χ4v) is 2.59. The zero-order chi connectivity index (χ0) is 15.0. The number of rotatable bonds is 3.